The number of phenols is 1. The van der Waals surface area contributed by atoms with E-state index in [1.54, 1.807) is 18.2 Å². The summed E-state index contributed by atoms with van der Waals surface area (Å²) >= 11 is 0. The van der Waals surface area contributed by atoms with Crippen molar-refractivity contribution in [2.75, 3.05) is 36.9 Å². The van der Waals surface area contributed by atoms with Crippen LogP contribution in [0.5, 0.6) is 5.75 Å². The highest BCUT2D eigenvalue weighted by atomic mass is 16.5. The molecule has 0 spiro atoms. The summed E-state index contributed by atoms with van der Waals surface area (Å²) < 4.78 is 5.13. The number of nitrogens with zero attached hydrogens (tertiary/aromatic N) is 3. The van der Waals surface area contributed by atoms with Crippen LogP contribution in [0.3, 0.4) is 0 Å². The molecule has 0 aliphatic carbocycles. The Bertz CT molecular complexity index is 791. The third kappa shape index (κ3) is 4.65. The van der Waals surface area contributed by atoms with Crippen LogP contribution in [0.2, 0.25) is 0 Å². The number of benzene rings is 1. The van der Waals surface area contributed by atoms with Crippen molar-refractivity contribution in [2.45, 2.75) is 25.8 Å². The molecule has 0 atom stereocenters. The van der Waals surface area contributed by atoms with Gasteiger partial charge in [0.05, 0.1) is 11.4 Å². The number of carbonyl (C=O) groups is 1. The maximum Gasteiger partial charge on any atom is 0.246 e. The number of aromatic nitrogens is 2. The van der Waals surface area contributed by atoms with Gasteiger partial charge in [0.25, 0.3) is 0 Å². The highest BCUT2D eigenvalue weighted by Crippen LogP contribution is 2.32. The minimum absolute atomic E-state index is 0.0813. The molecule has 0 saturated carbocycles. The van der Waals surface area contributed by atoms with Gasteiger partial charge in [-0.25, -0.2) is 0 Å². The second-order valence-corrected chi connectivity index (χ2v) is 6.48. The van der Waals surface area contributed by atoms with E-state index in [-0.39, 0.29) is 24.3 Å². The smallest absolute Gasteiger partial charge is 0.246 e. The fraction of sp³-hybridized carbons (Fsp3) is 0.421. The van der Waals surface area contributed by atoms with E-state index in [9.17, 15) is 9.90 Å². The summed E-state index contributed by atoms with van der Waals surface area (Å²) in [5, 5.41) is 21.2. The van der Waals surface area contributed by atoms with Crippen molar-refractivity contribution in [3.8, 4) is 17.0 Å². The number of piperidine rings is 1. The largest absolute Gasteiger partial charge is 0.507 e. The lowest BCUT2D eigenvalue weighted by atomic mass is 10.0. The Morgan fingerprint density at radius 1 is 1.33 bits per heavy atom. The first kappa shape index (κ1) is 18.9. The molecule has 8 nitrogen and oxygen atoms in total. The summed E-state index contributed by atoms with van der Waals surface area (Å²) in [6.07, 6.45) is 1.62. The maximum atomic E-state index is 11.8. The van der Waals surface area contributed by atoms with Crippen LogP contribution in [-0.4, -0.2) is 53.6 Å². The molecule has 1 fully saturated rings. The van der Waals surface area contributed by atoms with E-state index >= 15 is 0 Å². The van der Waals surface area contributed by atoms with Crippen molar-refractivity contribution in [1.29, 1.82) is 0 Å². The highest BCUT2D eigenvalue weighted by Gasteiger charge is 2.23. The van der Waals surface area contributed by atoms with E-state index < -0.39 is 0 Å². The van der Waals surface area contributed by atoms with Gasteiger partial charge >= 0.3 is 0 Å². The normalized spacial score (nSPS) is 14.9. The second-order valence-electron chi connectivity index (χ2n) is 6.48. The van der Waals surface area contributed by atoms with Crippen molar-refractivity contribution in [1.82, 2.24) is 15.5 Å². The number of ether oxygens (including phenoxy) is 1. The quantitative estimate of drug-likeness (QED) is 0.706. The number of nitrogens with two attached hydrogens (primary N) is 1. The van der Waals surface area contributed by atoms with Gasteiger partial charge in [-0.1, -0.05) is 12.1 Å². The number of aromatic hydroxyl groups is 1. The number of anilines is 2. The van der Waals surface area contributed by atoms with Crippen molar-refractivity contribution < 1.29 is 14.6 Å². The zero-order valence-electron chi connectivity index (χ0n) is 15.4. The first-order valence-electron chi connectivity index (χ1n) is 9.12. The topological polar surface area (TPSA) is 114 Å². The Morgan fingerprint density at radius 2 is 2.07 bits per heavy atom. The van der Waals surface area contributed by atoms with E-state index in [4.69, 9.17) is 10.5 Å². The maximum absolute atomic E-state index is 11.8. The summed E-state index contributed by atoms with van der Waals surface area (Å²) in [5.41, 5.74) is 8.03. The summed E-state index contributed by atoms with van der Waals surface area (Å²) in [4.78, 5) is 13.9. The first-order chi connectivity index (χ1) is 13.1. The molecule has 8 heteroatoms. The van der Waals surface area contributed by atoms with Crippen LogP contribution in [-0.2, 0) is 9.53 Å². The van der Waals surface area contributed by atoms with E-state index in [1.807, 2.05) is 19.1 Å². The molecule has 3 rings (SSSR count). The predicted molar refractivity (Wildman–Crippen MR) is 103 cm³/mol. The first-order valence-corrected chi connectivity index (χ1v) is 9.12. The third-order valence-corrected chi connectivity index (χ3v) is 4.62. The van der Waals surface area contributed by atoms with E-state index in [1.165, 1.54) is 0 Å². The Kier molecular flexibility index (Phi) is 6.08. The lowest BCUT2D eigenvalue weighted by Crippen LogP contribution is -2.45. The molecular formula is C19H25N5O3. The van der Waals surface area contributed by atoms with E-state index in [0.717, 1.165) is 31.6 Å². The van der Waals surface area contributed by atoms with Gasteiger partial charge in [-0.15, -0.1) is 10.2 Å². The van der Waals surface area contributed by atoms with Crippen LogP contribution in [0, 0.1) is 0 Å². The van der Waals surface area contributed by atoms with Crippen molar-refractivity contribution in [3.63, 3.8) is 0 Å². The van der Waals surface area contributed by atoms with Crippen LogP contribution < -0.4 is 16.0 Å². The van der Waals surface area contributed by atoms with Crippen LogP contribution >= 0.6 is 0 Å². The predicted octanol–water partition coefficient (Wildman–Crippen LogP) is 1.55. The molecular weight excluding hydrogens is 346 g/mol. The highest BCUT2D eigenvalue weighted by molar-refractivity contribution is 5.77. The minimum atomic E-state index is -0.0813. The molecule has 1 aliphatic heterocycles. The van der Waals surface area contributed by atoms with Gasteiger partial charge in [-0.3, -0.25) is 4.79 Å². The van der Waals surface area contributed by atoms with Gasteiger partial charge in [0, 0.05) is 31.3 Å². The minimum Gasteiger partial charge on any atom is -0.507 e. The molecule has 1 aromatic carbocycles. The summed E-state index contributed by atoms with van der Waals surface area (Å²) in [5.74, 6) is 0.425. The second kappa shape index (κ2) is 8.68. The fourth-order valence-corrected chi connectivity index (χ4v) is 3.20. The lowest BCUT2D eigenvalue weighted by molar-refractivity contribution is -0.126. The molecule has 2 aromatic rings. The van der Waals surface area contributed by atoms with Gasteiger partial charge < -0.3 is 25.8 Å². The molecule has 0 bridgehead atoms. The monoisotopic (exact) mass is 371 g/mol. The summed E-state index contributed by atoms with van der Waals surface area (Å²) in [6.45, 7) is 3.98. The van der Waals surface area contributed by atoms with Crippen LogP contribution in [0.15, 0.2) is 30.3 Å². The number of phenolic OH excluding ortho intramolecular Hbond substituents is 1. The van der Waals surface area contributed by atoms with Crippen molar-refractivity contribution in [2.24, 2.45) is 0 Å². The van der Waals surface area contributed by atoms with Gasteiger partial charge in [0.2, 0.25) is 5.91 Å². The van der Waals surface area contributed by atoms with Crippen LogP contribution in [0.4, 0.5) is 11.5 Å². The van der Waals surface area contributed by atoms with Crippen molar-refractivity contribution >= 4 is 17.4 Å². The number of hydrogen-bond acceptors (Lipinski definition) is 7. The number of para-hydroxylation sites is 1. The average Bonchev–Trinajstić information content (AvgIpc) is 2.68. The Labute approximate surface area is 158 Å². The van der Waals surface area contributed by atoms with E-state index in [2.05, 4.69) is 20.4 Å². The molecule has 1 amide bonds. The lowest BCUT2D eigenvalue weighted by Gasteiger charge is -2.34. The molecule has 1 aromatic heterocycles. The molecule has 4 N–H and O–H groups in total. The molecule has 27 heavy (non-hydrogen) atoms. The molecule has 1 saturated heterocycles. The van der Waals surface area contributed by atoms with E-state index in [0.29, 0.717) is 23.7 Å². The Balaban J connectivity index is 1.67. The zero-order valence-corrected chi connectivity index (χ0v) is 15.4. The Morgan fingerprint density at radius 3 is 2.78 bits per heavy atom. The van der Waals surface area contributed by atoms with Gasteiger partial charge in [0.15, 0.2) is 5.82 Å². The van der Waals surface area contributed by atoms with Crippen LogP contribution in [0.25, 0.3) is 11.3 Å². The Hall–Kier alpha value is -2.87. The third-order valence-electron chi connectivity index (χ3n) is 4.62. The SMILES string of the molecule is CCOCC(=O)NC1CCN(c2cc(-c3ccccc3O)nnc2N)CC1. The number of rotatable bonds is 6. The van der Waals surface area contributed by atoms with Crippen LogP contribution in [0.1, 0.15) is 19.8 Å². The standard InChI is InChI=1S/C19H25N5O3/c1-2-27-12-18(26)21-13-7-9-24(10-8-13)16-11-15(22-23-19(16)20)14-5-3-4-6-17(14)25/h3-6,11,13,25H,2,7-10,12H2,1H3,(H2,20,23)(H,21,26). The molecule has 1 aliphatic rings. The molecule has 144 valence electrons. The van der Waals surface area contributed by atoms with Crippen molar-refractivity contribution in [3.05, 3.63) is 30.3 Å². The average molecular weight is 371 g/mol. The molecule has 0 radical (unpaired) electrons. The number of carbonyl (C=O) groups excluding carboxylic acids is 1. The van der Waals surface area contributed by atoms with Gasteiger partial charge in [-0.05, 0) is 38.0 Å². The molecule has 0 unspecified atom stereocenters. The number of amides is 1. The number of nitrogens with one attached hydrogen (secondary N) is 1. The zero-order chi connectivity index (χ0) is 19.2. The molecule has 2 heterocycles. The number of hydrogen-bond donors (Lipinski definition) is 3. The summed E-state index contributed by atoms with van der Waals surface area (Å²) in [7, 11) is 0. The van der Waals surface area contributed by atoms with Gasteiger partial charge in [0.1, 0.15) is 12.4 Å². The van der Waals surface area contributed by atoms with Gasteiger partial charge in [-0.2, -0.15) is 0 Å². The fourth-order valence-electron chi connectivity index (χ4n) is 3.20. The summed E-state index contributed by atoms with van der Waals surface area (Å²) in [6, 6.07) is 8.98. The number of nitrogen functional groups attached to an aromatic ring is 1.